The molecule has 6 heteroatoms. The third-order valence-corrected chi connectivity index (χ3v) is 3.09. The third-order valence-electron chi connectivity index (χ3n) is 3.09. The van der Waals surface area contributed by atoms with Crippen LogP contribution in [0.1, 0.15) is 16.8 Å². The van der Waals surface area contributed by atoms with E-state index in [1.165, 1.54) is 7.11 Å². The summed E-state index contributed by atoms with van der Waals surface area (Å²) in [4.78, 5) is 16.5. The lowest BCUT2D eigenvalue weighted by atomic mass is 10.2. The number of rotatable bonds is 4. The van der Waals surface area contributed by atoms with Gasteiger partial charge in [0.05, 0.1) is 19.8 Å². The van der Waals surface area contributed by atoms with E-state index in [0.29, 0.717) is 11.6 Å². The normalized spacial score (nSPS) is 18.7. The van der Waals surface area contributed by atoms with E-state index in [4.69, 9.17) is 4.84 Å². The maximum absolute atomic E-state index is 11.3. The molecule has 1 aliphatic heterocycles. The van der Waals surface area contributed by atoms with Gasteiger partial charge in [-0.3, -0.25) is 0 Å². The molecule has 0 aliphatic carbocycles. The summed E-state index contributed by atoms with van der Waals surface area (Å²) in [5, 5.41) is 5.35. The molecule has 0 amide bonds. The van der Waals surface area contributed by atoms with E-state index in [2.05, 4.69) is 10.1 Å². The van der Waals surface area contributed by atoms with Crippen LogP contribution in [0.25, 0.3) is 0 Å². The Morgan fingerprint density at radius 1 is 1.32 bits per heavy atom. The molecule has 5 nitrogen and oxygen atoms in total. The zero-order valence-electron chi connectivity index (χ0n) is 11.1. The summed E-state index contributed by atoms with van der Waals surface area (Å²) < 4.78 is 4.66. The highest BCUT2D eigenvalue weighted by Gasteiger charge is 2.21. The molecule has 1 unspecified atom stereocenters. The monoisotopic (exact) mass is 286 g/mol. The van der Waals surface area contributed by atoms with Crippen LogP contribution in [0, 0.1) is 0 Å². The van der Waals surface area contributed by atoms with Crippen molar-refractivity contribution in [3.63, 3.8) is 0 Å². The number of hydrogen-bond donors (Lipinski definition) is 1. The molecule has 1 aromatic carbocycles. The average molecular weight is 287 g/mol. The van der Waals surface area contributed by atoms with E-state index >= 15 is 0 Å². The van der Waals surface area contributed by atoms with E-state index in [0.717, 1.165) is 25.2 Å². The summed E-state index contributed by atoms with van der Waals surface area (Å²) in [5.41, 5.74) is 1.57. The maximum atomic E-state index is 11.3. The van der Waals surface area contributed by atoms with Crippen LogP contribution in [0.3, 0.4) is 0 Å². The molecule has 1 aromatic rings. The van der Waals surface area contributed by atoms with Crippen molar-refractivity contribution in [3.8, 4) is 0 Å². The fourth-order valence-electron chi connectivity index (χ4n) is 2.07. The molecule has 2 rings (SSSR count). The molecule has 1 fully saturated rings. The Kier molecular flexibility index (Phi) is 6.08. The van der Waals surface area contributed by atoms with Crippen molar-refractivity contribution < 1.29 is 14.4 Å². The van der Waals surface area contributed by atoms with Gasteiger partial charge in [0, 0.05) is 24.8 Å². The highest BCUT2D eigenvalue weighted by Crippen LogP contribution is 2.16. The van der Waals surface area contributed by atoms with Gasteiger partial charge in [0.1, 0.15) is 0 Å². The van der Waals surface area contributed by atoms with E-state index in [1.807, 2.05) is 17.2 Å². The van der Waals surface area contributed by atoms with Crippen molar-refractivity contribution in [3.05, 3.63) is 29.8 Å². The van der Waals surface area contributed by atoms with Gasteiger partial charge >= 0.3 is 5.97 Å². The zero-order valence-corrected chi connectivity index (χ0v) is 11.9. The number of ether oxygens (including phenoxy) is 1. The van der Waals surface area contributed by atoms with Crippen molar-refractivity contribution in [2.45, 2.75) is 12.5 Å². The molecule has 1 atom stereocenters. The number of hydrogen-bond acceptors (Lipinski definition) is 5. The minimum absolute atomic E-state index is 0. The van der Waals surface area contributed by atoms with Crippen molar-refractivity contribution in [1.29, 1.82) is 0 Å². The summed E-state index contributed by atoms with van der Waals surface area (Å²) in [6.45, 7) is 1.81. The van der Waals surface area contributed by atoms with Gasteiger partial charge in [0.25, 0.3) is 0 Å². The van der Waals surface area contributed by atoms with E-state index < -0.39 is 0 Å². The van der Waals surface area contributed by atoms with Crippen molar-refractivity contribution in [2.75, 3.05) is 32.6 Å². The van der Waals surface area contributed by atoms with Gasteiger partial charge in [-0.1, -0.05) is 0 Å². The predicted octanol–water partition coefficient (Wildman–Crippen LogP) is 1.94. The predicted molar refractivity (Wildman–Crippen MR) is 75.6 cm³/mol. The SMILES string of the molecule is COC(=O)c1ccc(NC2CCN(OC)C2)cc1.Cl. The van der Waals surface area contributed by atoms with Gasteiger partial charge < -0.3 is 14.9 Å². The lowest BCUT2D eigenvalue weighted by Crippen LogP contribution is -2.25. The van der Waals surface area contributed by atoms with Gasteiger partial charge in [-0.05, 0) is 30.7 Å². The van der Waals surface area contributed by atoms with E-state index in [1.54, 1.807) is 19.2 Å². The van der Waals surface area contributed by atoms with Gasteiger partial charge in [0.15, 0.2) is 0 Å². The first-order chi connectivity index (χ1) is 8.72. The highest BCUT2D eigenvalue weighted by molar-refractivity contribution is 5.89. The van der Waals surface area contributed by atoms with Crippen molar-refractivity contribution in [2.24, 2.45) is 0 Å². The van der Waals surface area contributed by atoms with Crippen molar-refractivity contribution >= 4 is 24.1 Å². The minimum Gasteiger partial charge on any atom is -0.465 e. The van der Waals surface area contributed by atoms with Crippen LogP contribution in [-0.4, -0.2) is 44.4 Å². The first kappa shape index (κ1) is 15.8. The molecule has 0 radical (unpaired) electrons. The second-order valence-corrected chi connectivity index (χ2v) is 4.27. The Morgan fingerprint density at radius 2 is 2.00 bits per heavy atom. The van der Waals surface area contributed by atoms with Crippen LogP contribution in [0.2, 0.25) is 0 Å². The van der Waals surface area contributed by atoms with Crippen LogP contribution in [0.15, 0.2) is 24.3 Å². The molecule has 1 aliphatic rings. The molecule has 1 saturated heterocycles. The van der Waals surface area contributed by atoms with E-state index in [-0.39, 0.29) is 18.4 Å². The van der Waals surface area contributed by atoms with Gasteiger partial charge in [0.2, 0.25) is 0 Å². The Hall–Kier alpha value is -1.30. The minimum atomic E-state index is -0.312. The molecule has 19 heavy (non-hydrogen) atoms. The fraction of sp³-hybridized carbons (Fsp3) is 0.462. The van der Waals surface area contributed by atoms with Gasteiger partial charge in [-0.15, -0.1) is 12.4 Å². The maximum Gasteiger partial charge on any atom is 0.337 e. The summed E-state index contributed by atoms with van der Waals surface area (Å²) in [7, 11) is 3.07. The number of anilines is 1. The topological polar surface area (TPSA) is 50.8 Å². The van der Waals surface area contributed by atoms with Crippen molar-refractivity contribution in [1.82, 2.24) is 5.06 Å². The number of nitrogens with one attached hydrogen (secondary N) is 1. The molecule has 1 N–H and O–H groups in total. The number of esters is 1. The van der Waals surface area contributed by atoms with Crippen LogP contribution >= 0.6 is 12.4 Å². The standard InChI is InChI=1S/C13H18N2O3.ClH/c1-17-13(16)10-3-5-11(6-4-10)14-12-7-8-15(9-12)18-2;/h3-6,12,14H,7-9H2,1-2H3;1H. The Balaban J connectivity index is 0.00000180. The molecule has 0 saturated carbocycles. The summed E-state index contributed by atoms with van der Waals surface area (Å²) in [6.07, 6.45) is 1.05. The summed E-state index contributed by atoms with van der Waals surface area (Å²) in [6, 6.07) is 7.69. The Morgan fingerprint density at radius 3 is 2.53 bits per heavy atom. The molecule has 1 heterocycles. The quantitative estimate of drug-likeness (QED) is 0.858. The van der Waals surface area contributed by atoms with Crippen LogP contribution in [-0.2, 0) is 9.57 Å². The number of nitrogens with zero attached hydrogens (tertiary/aromatic N) is 1. The first-order valence-corrected chi connectivity index (χ1v) is 5.97. The second-order valence-electron chi connectivity index (χ2n) is 4.27. The lowest BCUT2D eigenvalue weighted by Gasteiger charge is -2.15. The Bertz CT molecular complexity index is 411. The second kappa shape index (κ2) is 7.33. The molecule has 106 valence electrons. The van der Waals surface area contributed by atoms with Crippen LogP contribution in [0.4, 0.5) is 5.69 Å². The average Bonchev–Trinajstić information content (AvgIpc) is 2.86. The molecular weight excluding hydrogens is 268 g/mol. The van der Waals surface area contributed by atoms with Gasteiger partial charge in [-0.2, -0.15) is 5.06 Å². The highest BCUT2D eigenvalue weighted by atomic mass is 35.5. The molecule has 0 spiro atoms. The summed E-state index contributed by atoms with van der Waals surface area (Å²) >= 11 is 0. The summed E-state index contributed by atoms with van der Waals surface area (Å²) in [5.74, 6) is -0.312. The lowest BCUT2D eigenvalue weighted by molar-refractivity contribution is -0.112. The molecular formula is C13H19ClN2O3. The number of halogens is 1. The van der Waals surface area contributed by atoms with E-state index in [9.17, 15) is 4.79 Å². The number of carbonyl (C=O) groups is 1. The Labute approximate surface area is 119 Å². The van der Waals surface area contributed by atoms with Crippen LogP contribution in [0.5, 0.6) is 0 Å². The zero-order chi connectivity index (χ0) is 13.0. The number of hydroxylamine groups is 2. The fourth-order valence-corrected chi connectivity index (χ4v) is 2.07. The largest absolute Gasteiger partial charge is 0.465 e. The molecule has 0 bridgehead atoms. The first-order valence-electron chi connectivity index (χ1n) is 5.97. The molecule has 0 aromatic heterocycles. The van der Waals surface area contributed by atoms with Crippen LogP contribution < -0.4 is 5.32 Å². The van der Waals surface area contributed by atoms with Gasteiger partial charge in [-0.25, -0.2) is 4.79 Å². The smallest absolute Gasteiger partial charge is 0.337 e. The number of carbonyl (C=O) groups excluding carboxylic acids is 1. The number of methoxy groups -OCH3 is 1. The number of benzene rings is 1. The third kappa shape index (κ3) is 4.09.